The van der Waals surface area contributed by atoms with Crippen LogP contribution in [0.4, 0.5) is 10.1 Å². The summed E-state index contributed by atoms with van der Waals surface area (Å²) in [5, 5.41) is 10.8. The zero-order valence-corrected chi connectivity index (χ0v) is 15.4. The number of nitrogens with zero attached hydrogens (tertiary/aromatic N) is 2. The first-order chi connectivity index (χ1) is 13.1. The number of halogens is 1. The fraction of sp³-hybridized carbons (Fsp3) is 0.167. The summed E-state index contributed by atoms with van der Waals surface area (Å²) in [5.41, 5.74) is 1.15. The highest BCUT2D eigenvalue weighted by atomic mass is 32.2. The van der Waals surface area contributed by atoms with Crippen molar-refractivity contribution in [3.8, 4) is 23.0 Å². The minimum absolute atomic E-state index is 0.0740. The maximum atomic E-state index is 13.0. The van der Waals surface area contributed by atoms with E-state index in [0.717, 1.165) is 11.8 Å². The molecule has 3 aromatic rings. The van der Waals surface area contributed by atoms with Gasteiger partial charge in [-0.1, -0.05) is 11.8 Å². The number of anilines is 1. The van der Waals surface area contributed by atoms with E-state index in [2.05, 4.69) is 15.5 Å². The Morgan fingerprint density at radius 2 is 1.78 bits per heavy atom. The number of aromatic nitrogens is 2. The van der Waals surface area contributed by atoms with E-state index < -0.39 is 0 Å². The Bertz CT molecular complexity index is 908. The van der Waals surface area contributed by atoms with E-state index >= 15 is 0 Å². The van der Waals surface area contributed by atoms with E-state index in [-0.39, 0.29) is 28.6 Å². The van der Waals surface area contributed by atoms with Crippen LogP contribution in [0.25, 0.3) is 11.5 Å². The van der Waals surface area contributed by atoms with Crippen molar-refractivity contribution < 1.29 is 23.1 Å². The number of hydrogen-bond acceptors (Lipinski definition) is 7. The van der Waals surface area contributed by atoms with Crippen molar-refractivity contribution in [3.05, 3.63) is 48.3 Å². The Morgan fingerprint density at radius 3 is 2.41 bits per heavy atom. The van der Waals surface area contributed by atoms with Gasteiger partial charge in [-0.3, -0.25) is 4.79 Å². The summed E-state index contributed by atoms with van der Waals surface area (Å²) in [5.74, 6) is 0.868. The molecule has 0 saturated carbocycles. The fourth-order valence-corrected chi connectivity index (χ4v) is 2.74. The molecule has 0 unspecified atom stereocenters. The van der Waals surface area contributed by atoms with Crippen molar-refractivity contribution in [3.63, 3.8) is 0 Å². The maximum Gasteiger partial charge on any atom is 0.277 e. The number of hydrogen-bond donors (Lipinski definition) is 1. The molecular formula is C18H16FN3O4S. The Hall–Kier alpha value is -3.07. The lowest BCUT2D eigenvalue weighted by atomic mass is 10.2. The highest BCUT2D eigenvalue weighted by molar-refractivity contribution is 7.99. The number of carbonyl (C=O) groups excluding carboxylic acids is 1. The van der Waals surface area contributed by atoms with Gasteiger partial charge in [0.1, 0.15) is 17.3 Å². The average Bonchev–Trinajstić information content (AvgIpc) is 3.15. The molecule has 0 saturated heterocycles. The summed E-state index contributed by atoms with van der Waals surface area (Å²) >= 11 is 1.10. The third-order valence-electron chi connectivity index (χ3n) is 3.46. The first kappa shape index (κ1) is 18.7. The van der Waals surface area contributed by atoms with Gasteiger partial charge in [0.15, 0.2) is 0 Å². The van der Waals surface area contributed by atoms with Crippen LogP contribution < -0.4 is 14.8 Å². The van der Waals surface area contributed by atoms with Crippen molar-refractivity contribution in [1.29, 1.82) is 0 Å². The lowest BCUT2D eigenvalue weighted by Crippen LogP contribution is -2.14. The van der Waals surface area contributed by atoms with E-state index in [1.165, 1.54) is 26.4 Å². The number of rotatable bonds is 7. The number of amides is 1. The monoisotopic (exact) mass is 389 g/mol. The molecule has 0 radical (unpaired) electrons. The highest BCUT2D eigenvalue weighted by Gasteiger charge is 2.12. The molecule has 9 heteroatoms. The van der Waals surface area contributed by atoms with Gasteiger partial charge in [-0.25, -0.2) is 4.39 Å². The predicted octanol–water partition coefficient (Wildman–Crippen LogP) is 3.62. The summed E-state index contributed by atoms with van der Waals surface area (Å²) in [6.45, 7) is 0. The Labute approximate surface area is 158 Å². The zero-order valence-electron chi connectivity index (χ0n) is 14.6. The quantitative estimate of drug-likeness (QED) is 0.618. The van der Waals surface area contributed by atoms with Crippen LogP contribution in [-0.4, -0.2) is 36.1 Å². The lowest BCUT2D eigenvalue weighted by Gasteiger charge is -2.09. The number of ether oxygens (including phenoxy) is 2. The number of carbonyl (C=O) groups is 1. The molecule has 0 aliphatic rings. The van der Waals surface area contributed by atoms with E-state index in [1.54, 1.807) is 30.3 Å². The summed E-state index contributed by atoms with van der Waals surface area (Å²) < 4.78 is 28.8. The highest BCUT2D eigenvalue weighted by Crippen LogP contribution is 2.27. The molecule has 0 atom stereocenters. The second-order valence-electron chi connectivity index (χ2n) is 5.32. The molecule has 140 valence electrons. The van der Waals surface area contributed by atoms with Crippen molar-refractivity contribution in [2.75, 3.05) is 25.3 Å². The molecule has 0 aliphatic heterocycles. The normalized spacial score (nSPS) is 10.5. The van der Waals surface area contributed by atoms with Crippen LogP contribution in [0.3, 0.4) is 0 Å². The van der Waals surface area contributed by atoms with E-state index in [9.17, 15) is 9.18 Å². The molecular weight excluding hydrogens is 373 g/mol. The molecule has 0 fully saturated rings. The smallest absolute Gasteiger partial charge is 0.277 e. The van der Waals surface area contributed by atoms with Crippen LogP contribution in [0.2, 0.25) is 0 Å². The SMILES string of the molecule is COc1cc(NC(=O)CSc2nnc(-c3ccc(F)cc3)o2)cc(OC)c1. The summed E-state index contributed by atoms with van der Waals surface area (Å²) in [4.78, 5) is 12.2. The molecule has 0 aliphatic carbocycles. The number of nitrogens with one attached hydrogen (secondary N) is 1. The molecule has 1 aromatic heterocycles. The van der Waals surface area contributed by atoms with Crippen molar-refractivity contribution >= 4 is 23.4 Å². The van der Waals surface area contributed by atoms with Gasteiger partial charge in [-0.15, -0.1) is 10.2 Å². The molecule has 0 bridgehead atoms. The van der Waals surface area contributed by atoms with Crippen LogP contribution >= 0.6 is 11.8 Å². The third kappa shape index (κ3) is 4.98. The van der Waals surface area contributed by atoms with Crippen molar-refractivity contribution in [1.82, 2.24) is 10.2 Å². The summed E-state index contributed by atoms with van der Waals surface area (Å²) in [6, 6.07) is 10.8. The molecule has 0 spiro atoms. The molecule has 7 nitrogen and oxygen atoms in total. The van der Waals surface area contributed by atoms with Gasteiger partial charge in [-0.2, -0.15) is 0 Å². The molecule has 1 amide bonds. The van der Waals surface area contributed by atoms with Gasteiger partial charge >= 0.3 is 0 Å². The van der Waals surface area contributed by atoms with Crippen LogP contribution in [0, 0.1) is 5.82 Å². The van der Waals surface area contributed by atoms with Crippen LogP contribution in [0.1, 0.15) is 0 Å². The van der Waals surface area contributed by atoms with Gasteiger partial charge in [0.25, 0.3) is 5.22 Å². The van der Waals surface area contributed by atoms with Gasteiger partial charge in [0.2, 0.25) is 11.8 Å². The minimum atomic E-state index is -0.348. The average molecular weight is 389 g/mol. The van der Waals surface area contributed by atoms with Gasteiger partial charge in [-0.05, 0) is 24.3 Å². The fourth-order valence-electron chi connectivity index (χ4n) is 2.18. The number of methoxy groups -OCH3 is 2. The Kier molecular flexibility index (Phi) is 5.92. The van der Waals surface area contributed by atoms with Gasteiger partial charge < -0.3 is 19.2 Å². The zero-order chi connectivity index (χ0) is 19.2. The molecule has 3 rings (SSSR count). The molecule has 27 heavy (non-hydrogen) atoms. The topological polar surface area (TPSA) is 86.5 Å². The van der Waals surface area contributed by atoms with Crippen LogP contribution in [0.5, 0.6) is 11.5 Å². The first-order valence-electron chi connectivity index (χ1n) is 7.82. The second kappa shape index (κ2) is 8.54. The van der Waals surface area contributed by atoms with Crippen LogP contribution in [0.15, 0.2) is 52.1 Å². The van der Waals surface area contributed by atoms with Gasteiger partial charge in [0, 0.05) is 29.4 Å². The second-order valence-corrected chi connectivity index (χ2v) is 6.24. The molecule has 1 heterocycles. The Morgan fingerprint density at radius 1 is 1.11 bits per heavy atom. The summed E-state index contributed by atoms with van der Waals surface area (Å²) in [7, 11) is 3.06. The van der Waals surface area contributed by atoms with Crippen molar-refractivity contribution in [2.24, 2.45) is 0 Å². The van der Waals surface area contributed by atoms with E-state index in [1.807, 2.05) is 0 Å². The molecule has 1 N–H and O–H groups in total. The maximum absolute atomic E-state index is 13.0. The lowest BCUT2D eigenvalue weighted by molar-refractivity contribution is -0.113. The molecule has 2 aromatic carbocycles. The summed E-state index contributed by atoms with van der Waals surface area (Å²) in [6.07, 6.45) is 0. The predicted molar refractivity (Wildman–Crippen MR) is 98.6 cm³/mol. The van der Waals surface area contributed by atoms with E-state index in [4.69, 9.17) is 13.9 Å². The van der Waals surface area contributed by atoms with Crippen molar-refractivity contribution in [2.45, 2.75) is 5.22 Å². The largest absolute Gasteiger partial charge is 0.497 e. The standard InChI is InChI=1S/C18H16FN3O4S/c1-24-14-7-13(8-15(9-14)25-2)20-16(23)10-27-18-22-21-17(26-18)11-3-5-12(19)6-4-11/h3-9H,10H2,1-2H3,(H,20,23). The first-order valence-corrected chi connectivity index (χ1v) is 8.81. The van der Waals surface area contributed by atoms with Gasteiger partial charge in [0.05, 0.1) is 20.0 Å². The Balaban J connectivity index is 1.59. The van der Waals surface area contributed by atoms with Crippen LogP contribution in [-0.2, 0) is 4.79 Å². The third-order valence-corrected chi connectivity index (χ3v) is 4.28. The number of thioether (sulfide) groups is 1. The minimum Gasteiger partial charge on any atom is -0.497 e. The number of benzene rings is 2. The van der Waals surface area contributed by atoms with E-state index in [0.29, 0.717) is 22.7 Å².